The van der Waals surface area contributed by atoms with Crippen molar-refractivity contribution in [1.82, 2.24) is 4.90 Å². The monoisotopic (exact) mass is 390 g/mol. The van der Waals surface area contributed by atoms with Gasteiger partial charge in [0.05, 0.1) is 5.97 Å². The molecule has 3 aromatic carbocycles. The Hall–Kier alpha value is -3.12. The fourth-order valence-electron chi connectivity index (χ4n) is 3.45. The smallest absolute Gasteiger partial charge is 0.261 e. The van der Waals surface area contributed by atoms with E-state index in [9.17, 15) is 19.5 Å². The molecule has 1 aliphatic heterocycles. The Labute approximate surface area is 166 Å². The molecule has 0 atom stereocenters. The first-order valence-electron chi connectivity index (χ1n) is 8.89. The molecule has 4 rings (SSSR count). The number of thioether (sulfide) groups is 1. The molecule has 0 fully saturated rings. The Morgan fingerprint density at radius 1 is 0.893 bits per heavy atom. The molecule has 0 saturated carbocycles. The Morgan fingerprint density at radius 3 is 2.18 bits per heavy atom. The Bertz CT molecular complexity index is 1060. The predicted molar refractivity (Wildman–Crippen MR) is 105 cm³/mol. The molecule has 28 heavy (non-hydrogen) atoms. The fourth-order valence-corrected chi connectivity index (χ4v) is 4.42. The number of benzene rings is 3. The van der Waals surface area contributed by atoms with Crippen molar-refractivity contribution in [2.45, 2.75) is 11.3 Å². The summed E-state index contributed by atoms with van der Waals surface area (Å²) in [5.74, 6) is -1.20. The first-order valence-corrected chi connectivity index (χ1v) is 9.87. The van der Waals surface area contributed by atoms with Crippen molar-refractivity contribution in [3.8, 4) is 0 Å². The number of nitrogens with zero attached hydrogens (tertiary/aromatic N) is 1. The molecule has 3 aromatic rings. The van der Waals surface area contributed by atoms with E-state index in [0.29, 0.717) is 33.6 Å². The summed E-state index contributed by atoms with van der Waals surface area (Å²) in [4.78, 5) is 38.7. The van der Waals surface area contributed by atoms with Crippen molar-refractivity contribution in [2.75, 3.05) is 12.3 Å². The average molecular weight is 390 g/mol. The third kappa shape index (κ3) is 3.16. The molecule has 2 amide bonds. The zero-order valence-corrected chi connectivity index (χ0v) is 15.7. The number of imide groups is 1. The van der Waals surface area contributed by atoms with Gasteiger partial charge in [-0.1, -0.05) is 42.5 Å². The lowest BCUT2D eigenvalue weighted by molar-refractivity contribution is -0.255. The molecule has 0 aromatic heterocycles. The van der Waals surface area contributed by atoms with Gasteiger partial charge in [0.1, 0.15) is 0 Å². The SMILES string of the molecule is O=C([O-])c1ccccc1SCCCN1C(=O)c2cccc3cccc(c23)C1=O. The predicted octanol–water partition coefficient (Wildman–Crippen LogP) is 2.98. The average Bonchev–Trinajstić information content (AvgIpc) is 2.71. The molecule has 0 aliphatic carbocycles. The highest BCUT2D eigenvalue weighted by atomic mass is 32.2. The lowest BCUT2D eigenvalue weighted by Gasteiger charge is -2.27. The van der Waals surface area contributed by atoms with E-state index >= 15 is 0 Å². The van der Waals surface area contributed by atoms with E-state index in [1.807, 2.05) is 24.3 Å². The van der Waals surface area contributed by atoms with Crippen molar-refractivity contribution < 1.29 is 19.5 Å². The molecule has 0 radical (unpaired) electrons. The van der Waals surface area contributed by atoms with Crippen LogP contribution in [0.5, 0.6) is 0 Å². The largest absolute Gasteiger partial charge is 0.545 e. The zero-order chi connectivity index (χ0) is 19.7. The van der Waals surface area contributed by atoms with E-state index in [4.69, 9.17) is 0 Å². The highest BCUT2D eigenvalue weighted by Gasteiger charge is 2.32. The molecule has 0 unspecified atom stereocenters. The van der Waals surface area contributed by atoms with Gasteiger partial charge in [-0.2, -0.15) is 0 Å². The summed E-state index contributed by atoms with van der Waals surface area (Å²) in [6.07, 6.45) is 0.557. The Kier molecular flexibility index (Phi) is 4.88. The van der Waals surface area contributed by atoms with Crippen LogP contribution in [0.15, 0.2) is 65.6 Å². The molecule has 1 heterocycles. The summed E-state index contributed by atoms with van der Waals surface area (Å²) < 4.78 is 0. The van der Waals surface area contributed by atoms with Crippen molar-refractivity contribution in [3.05, 3.63) is 77.4 Å². The van der Waals surface area contributed by atoms with Crippen LogP contribution in [-0.2, 0) is 0 Å². The van der Waals surface area contributed by atoms with Crippen molar-refractivity contribution >= 4 is 40.3 Å². The molecule has 5 nitrogen and oxygen atoms in total. The van der Waals surface area contributed by atoms with Crippen molar-refractivity contribution in [3.63, 3.8) is 0 Å². The van der Waals surface area contributed by atoms with Crippen LogP contribution in [0.2, 0.25) is 0 Å². The number of carbonyl (C=O) groups is 3. The third-order valence-electron chi connectivity index (χ3n) is 4.75. The topological polar surface area (TPSA) is 77.5 Å². The molecule has 0 N–H and O–H groups in total. The Morgan fingerprint density at radius 2 is 1.54 bits per heavy atom. The van der Waals surface area contributed by atoms with E-state index in [0.717, 1.165) is 5.39 Å². The van der Waals surface area contributed by atoms with Gasteiger partial charge in [0, 0.05) is 33.5 Å². The lowest BCUT2D eigenvalue weighted by atomic mass is 9.94. The van der Waals surface area contributed by atoms with E-state index in [1.165, 1.54) is 22.7 Å². The van der Waals surface area contributed by atoms with Crippen LogP contribution < -0.4 is 5.11 Å². The van der Waals surface area contributed by atoms with Crippen molar-refractivity contribution in [1.29, 1.82) is 0 Å². The summed E-state index contributed by atoms with van der Waals surface area (Å²) in [5.41, 5.74) is 1.24. The van der Waals surface area contributed by atoms with E-state index in [2.05, 4.69) is 0 Å². The molecule has 0 bridgehead atoms. The molecular weight excluding hydrogens is 374 g/mol. The van der Waals surface area contributed by atoms with Gasteiger partial charge < -0.3 is 9.90 Å². The van der Waals surface area contributed by atoms with Gasteiger partial charge in [0.15, 0.2) is 0 Å². The second-order valence-corrected chi connectivity index (χ2v) is 7.59. The minimum Gasteiger partial charge on any atom is -0.545 e. The lowest BCUT2D eigenvalue weighted by Crippen LogP contribution is -2.41. The van der Waals surface area contributed by atoms with Crippen LogP contribution in [0.25, 0.3) is 10.8 Å². The maximum absolute atomic E-state index is 12.8. The van der Waals surface area contributed by atoms with Crippen LogP contribution >= 0.6 is 11.8 Å². The van der Waals surface area contributed by atoms with Crippen LogP contribution in [0.4, 0.5) is 0 Å². The highest BCUT2D eigenvalue weighted by Crippen LogP contribution is 2.30. The van der Waals surface area contributed by atoms with E-state index in [-0.39, 0.29) is 23.9 Å². The van der Waals surface area contributed by atoms with Gasteiger partial charge in [-0.3, -0.25) is 14.5 Å². The quantitative estimate of drug-likeness (QED) is 0.367. The van der Waals surface area contributed by atoms with Gasteiger partial charge in [-0.05, 0) is 35.8 Å². The number of aromatic carboxylic acids is 1. The first kappa shape index (κ1) is 18.3. The zero-order valence-electron chi connectivity index (χ0n) is 14.9. The number of hydrogen-bond acceptors (Lipinski definition) is 5. The van der Waals surface area contributed by atoms with E-state index in [1.54, 1.807) is 30.3 Å². The summed E-state index contributed by atoms with van der Waals surface area (Å²) in [6.45, 7) is 0.281. The number of amides is 2. The molecule has 1 aliphatic rings. The fraction of sp³-hybridized carbons (Fsp3) is 0.136. The maximum Gasteiger partial charge on any atom is 0.261 e. The molecule has 0 spiro atoms. The van der Waals surface area contributed by atoms with E-state index < -0.39 is 5.97 Å². The summed E-state index contributed by atoms with van der Waals surface area (Å²) in [5, 5.41) is 12.8. The van der Waals surface area contributed by atoms with Crippen LogP contribution in [0.3, 0.4) is 0 Å². The highest BCUT2D eigenvalue weighted by molar-refractivity contribution is 7.99. The van der Waals surface area contributed by atoms with Crippen LogP contribution in [0.1, 0.15) is 37.5 Å². The third-order valence-corrected chi connectivity index (χ3v) is 5.91. The molecule has 0 saturated heterocycles. The summed E-state index contributed by atoms with van der Waals surface area (Å²) in [6, 6.07) is 17.6. The standard InChI is InChI=1S/C22H17NO4S/c24-20-16-9-3-6-14-7-4-10-17(19(14)16)21(25)23(20)12-5-13-28-18-11-2-1-8-15(18)22(26)27/h1-4,6-11H,5,12-13H2,(H,26,27)/p-1. The second kappa shape index (κ2) is 7.48. The van der Waals surface area contributed by atoms with Gasteiger partial charge in [0.2, 0.25) is 0 Å². The molecular formula is C22H16NO4S-. The van der Waals surface area contributed by atoms with Gasteiger partial charge in [0.25, 0.3) is 11.8 Å². The van der Waals surface area contributed by atoms with Gasteiger partial charge >= 0.3 is 0 Å². The number of carboxylic acids is 1. The number of rotatable bonds is 6. The molecule has 140 valence electrons. The van der Waals surface area contributed by atoms with Gasteiger partial charge in [-0.15, -0.1) is 11.8 Å². The normalized spacial score (nSPS) is 13.2. The van der Waals surface area contributed by atoms with Crippen LogP contribution in [-0.4, -0.2) is 35.0 Å². The van der Waals surface area contributed by atoms with Crippen LogP contribution in [0, 0.1) is 0 Å². The molecule has 6 heteroatoms. The number of carbonyl (C=O) groups excluding carboxylic acids is 3. The Balaban J connectivity index is 1.47. The minimum absolute atomic E-state index is 0.151. The summed E-state index contributed by atoms with van der Waals surface area (Å²) in [7, 11) is 0. The minimum atomic E-state index is -1.21. The number of hydrogen-bond donors (Lipinski definition) is 0. The number of carboxylic acid groups (broad SMARTS) is 1. The van der Waals surface area contributed by atoms with Gasteiger partial charge in [-0.25, -0.2) is 0 Å². The maximum atomic E-state index is 12.8. The first-order chi connectivity index (χ1) is 13.6. The second-order valence-electron chi connectivity index (χ2n) is 6.46. The summed E-state index contributed by atoms with van der Waals surface area (Å²) >= 11 is 1.38. The van der Waals surface area contributed by atoms with Crippen molar-refractivity contribution in [2.24, 2.45) is 0 Å².